The second-order valence-electron chi connectivity index (χ2n) is 4.11. The van der Waals surface area contributed by atoms with Crippen LogP contribution in [0, 0.1) is 0 Å². The summed E-state index contributed by atoms with van der Waals surface area (Å²) in [6.07, 6.45) is 18.2. The lowest BCUT2D eigenvalue weighted by Crippen LogP contribution is -2.12. The highest BCUT2D eigenvalue weighted by Gasteiger charge is 2.06. The molecule has 0 aromatic carbocycles. The van der Waals surface area contributed by atoms with Crippen molar-refractivity contribution in [2.75, 3.05) is 6.61 Å². The van der Waals surface area contributed by atoms with E-state index in [4.69, 9.17) is 4.74 Å². The fraction of sp³-hybridized carbons (Fsp3) is 0.714. The maximum absolute atomic E-state index is 5.73. The Morgan fingerprint density at radius 3 is 2.33 bits per heavy atom. The van der Waals surface area contributed by atoms with E-state index in [2.05, 4.69) is 31.2 Å². The summed E-state index contributed by atoms with van der Waals surface area (Å²) in [5, 5.41) is 0. The molecular weight excluding hydrogens is 184 g/mol. The van der Waals surface area contributed by atoms with Crippen molar-refractivity contribution < 1.29 is 4.74 Å². The van der Waals surface area contributed by atoms with Gasteiger partial charge in [-0.25, -0.2) is 0 Å². The van der Waals surface area contributed by atoms with Gasteiger partial charge in [0.2, 0.25) is 0 Å². The standard InChI is InChI=1S/C14H24O/c1-2-15-14-12-10-8-6-4-3-5-7-9-11-13-14/h4,6-7,9,14H,2-3,5,8,10-13H2,1H3/b6-4-,9-7-. The average molecular weight is 208 g/mol. The van der Waals surface area contributed by atoms with Gasteiger partial charge in [0.25, 0.3) is 0 Å². The molecule has 1 rings (SSSR count). The number of rotatable bonds is 2. The molecule has 0 aromatic heterocycles. The summed E-state index contributed by atoms with van der Waals surface area (Å²) in [5.41, 5.74) is 0. The van der Waals surface area contributed by atoms with E-state index in [-0.39, 0.29) is 0 Å². The summed E-state index contributed by atoms with van der Waals surface area (Å²) in [7, 11) is 0. The molecule has 0 saturated heterocycles. The highest BCUT2D eigenvalue weighted by atomic mass is 16.5. The van der Waals surface area contributed by atoms with Gasteiger partial charge in [-0.05, 0) is 51.9 Å². The molecule has 0 saturated carbocycles. The van der Waals surface area contributed by atoms with Gasteiger partial charge in [0, 0.05) is 6.61 Å². The van der Waals surface area contributed by atoms with E-state index in [0.717, 1.165) is 6.61 Å². The van der Waals surface area contributed by atoms with Crippen molar-refractivity contribution in [3.8, 4) is 0 Å². The minimum atomic E-state index is 0.479. The predicted octanol–water partition coefficient (Wildman–Crippen LogP) is 4.25. The first-order valence-corrected chi connectivity index (χ1v) is 6.35. The Labute approximate surface area is 94.2 Å². The number of hydrogen-bond acceptors (Lipinski definition) is 1. The average Bonchev–Trinajstić information content (AvgIpc) is 2.22. The first-order valence-electron chi connectivity index (χ1n) is 6.35. The van der Waals surface area contributed by atoms with E-state index in [0.29, 0.717) is 6.10 Å². The monoisotopic (exact) mass is 208 g/mol. The molecule has 1 unspecified atom stereocenters. The smallest absolute Gasteiger partial charge is 0.0578 e. The van der Waals surface area contributed by atoms with Gasteiger partial charge in [-0.2, -0.15) is 0 Å². The van der Waals surface area contributed by atoms with E-state index in [1.807, 2.05) is 0 Å². The first-order chi connectivity index (χ1) is 7.43. The largest absolute Gasteiger partial charge is 0.378 e. The number of ether oxygens (including phenoxy) is 1. The van der Waals surface area contributed by atoms with Crippen LogP contribution in [0.1, 0.15) is 51.9 Å². The molecular formula is C14H24O. The highest BCUT2D eigenvalue weighted by Crippen LogP contribution is 2.13. The van der Waals surface area contributed by atoms with Crippen LogP contribution in [-0.2, 0) is 4.74 Å². The molecule has 0 N–H and O–H groups in total. The van der Waals surface area contributed by atoms with E-state index in [1.165, 1.54) is 44.9 Å². The Kier molecular flexibility index (Phi) is 7.28. The van der Waals surface area contributed by atoms with Crippen molar-refractivity contribution in [3.05, 3.63) is 24.3 Å². The molecule has 1 heteroatoms. The number of allylic oxidation sites excluding steroid dienone is 4. The molecule has 0 bridgehead atoms. The summed E-state index contributed by atoms with van der Waals surface area (Å²) in [4.78, 5) is 0. The lowest BCUT2D eigenvalue weighted by molar-refractivity contribution is 0.0502. The van der Waals surface area contributed by atoms with Crippen molar-refractivity contribution in [1.82, 2.24) is 0 Å². The third kappa shape index (κ3) is 6.51. The Morgan fingerprint density at radius 1 is 0.933 bits per heavy atom. The summed E-state index contributed by atoms with van der Waals surface area (Å²) < 4.78 is 5.73. The van der Waals surface area contributed by atoms with Crippen LogP contribution >= 0.6 is 0 Å². The van der Waals surface area contributed by atoms with Crippen LogP contribution in [0.5, 0.6) is 0 Å². The lowest BCUT2D eigenvalue weighted by Gasteiger charge is -2.15. The van der Waals surface area contributed by atoms with Crippen molar-refractivity contribution in [2.24, 2.45) is 0 Å². The third-order valence-electron chi connectivity index (χ3n) is 2.79. The fourth-order valence-electron chi connectivity index (χ4n) is 1.96. The van der Waals surface area contributed by atoms with E-state index in [9.17, 15) is 0 Å². The molecule has 1 aliphatic carbocycles. The first kappa shape index (κ1) is 12.5. The summed E-state index contributed by atoms with van der Waals surface area (Å²) in [6.45, 7) is 2.94. The quantitative estimate of drug-likeness (QED) is 0.616. The van der Waals surface area contributed by atoms with Gasteiger partial charge in [0.05, 0.1) is 6.10 Å². The lowest BCUT2D eigenvalue weighted by atomic mass is 10.1. The van der Waals surface area contributed by atoms with Crippen LogP contribution in [0.2, 0.25) is 0 Å². The topological polar surface area (TPSA) is 9.23 Å². The second kappa shape index (κ2) is 8.72. The Hall–Kier alpha value is -0.560. The van der Waals surface area contributed by atoms with E-state index < -0.39 is 0 Å². The zero-order valence-electron chi connectivity index (χ0n) is 9.95. The number of hydrogen-bond donors (Lipinski definition) is 0. The van der Waals surface area contributed by atoms with Crippen LogP contribution in [0.3, 0.4) is 0 Å². The molecule has 1 aliphatic rings. The van der Waals surface area contributed by atoms with Gasteiger partial charge in [0.15, 0.2) is 0 Å². The maximum atomic E-state index is 5.73. The summed E-state index contributed by atoms with van der Waals surface area (Å²) >= 11 is 0. The van der Waals surface area contributed by atoms with Crippen LogP contribution < -0.4 is 0 Å². The van der Waals surface area contributed by atoms with Crippen molar-refractivity contribution in [2.45, 2.75) is 58.0 Å². The van der Waals surface area contributed by atoms with Crippen LogP contribution in [0.15, 0.2) is 24.3 Å². The van der Waals surface area contributed by atoms with Gasteiger partial charge in [-0.3, -0.25) is 0 Å². The zero-order valence-corrected chi connectivity index (χ0v) is 9.95. The van der Waals surface area contributed by atoms with Crippen molar-refractivity contribution in [3.63, 3.8) is 0 Å². The molecule has 1 atom stereocenters. The van der Waals surface area contributed by atoms with Crippen LogP contribution in [0.25, 0.3) is 0 Å². The second-order valence-corrected chi connectivity index (χ2v) is 4.11. The summed E-state index contributed by atoms with van der Waals surface area (Å²) in [5.74, 6) is 0. The minimum Gasteiger partial charge on any atom is -0.378 e. The van der Waals surface area contributed by atoms with Crippen LogP contribution in [-0.4, -0.2) is 12.7 Å². The fourth-order valence-corrected chi connectivity index (χ4v) is 1.96. The Balaban J connectivity index is 2.34. The van der Waals surface area contributed by atoms with Gasteiger partial charge >= 0.3 is 0 Å². The van der Waals surface area contributed by atoms with E-state index >= 15 is 0 Å². The molecule has 0 amide bonds. The Morgan fingerprint density at radius 2 is 1.60 bits per heavy atom. The zero-order chi connectivity index (χ0) is 10.8. The molecule has 0 radical (unpaired) electrons. The van der Waals surface area contributed by atoms with Gasteiger partial charge in [-0.15, -0.1) is 0 Å². The van der Waals surface area contributed by atoms with Gasteiger partial charge < -0.3 is 4.74 Å². The molecule has 0 spiro atoms. The molecule has 0 heterocycles. The molecule has 86 valence electrons. The molecule has 0 aromatic rings. The van der Waals surface area contributed by atoms with Crippen molar-refractivity contribution in [1.29, 1.82) is 0 Å². The van der Waals surface area contributed by atoms with Gasteiger partial charge in [0.1, 0.15) is 0 Å². The van der Waals surface area contributed by atoms with Crippen molar-refractivity contribution >= 4 is 0 Å². The Bertz CT molecular complexity index is 194. The van der Waals surface area contributed by atoms with Crippen LogP contribution in [0.4, 0.5) is 0 Å². The minimum absolute atomic E-state index is 0.479. The van der Waals surface area contributed by atoms with Gasteiger partial charge in [-0.1, -0.05) is 24.3 Å². The molecule has 1 nitrogen and oxygen atoms in total. The molecule has 15 heavy (non-hydrogen) atoms. The molecule has 0 fully saturated rings. The maximum Gasteiger partial charge on any atom is 0.0578 e. The normalized spacial score (nSPS) is 28.7. The molecule has 0 aliphatic heterocycles. The predicted molar refractivity (Wildman–Crippen MR) is 66.0 cm³/mol. The SMILES string of the molecule is CCOC1CC/C=C\CC/C=C\CCC1. The highest BCUT2D eigenvalue weighted by molar-refractivity contribution is 4.89. The summed E-state index contributed by atoms with van der Waals surface area (Å²) in [6, 6.07) is 0. The third-order valence-corrected chi connectivity index (χ3v) is 2.79. The van der Waals surface area contributed by atoms with E-state index in [1.54, 1.807) is 0 Å².